The first-order valence-electron chi connectivity index (χ1n) is 13.8. The van der Waals surface area contributed by atoms with Crippen molar-refractivity contribution in [1.82, 2.24) is 10.1 Å². The van der Waals surface area contributed by atoms with Gasteiger partial charge in [0.1, 0.15) is 34.4 Å². The van der Waals surface area contributed by atoms with Crippen molar-refractivity contribution in [1.29, 1.82) is 0 Å². The third-order valence-corrected chi connectivity index (χ3v) is 9.45. The van der Waals surface area contributed by atoms with Gasteiger partial charge in [0, 0.05) is 23.6 Å². The van der Waals surface area contributed by atoms with Crippen LogP contribution >= 0.6 is 11.3 Å². The highest BCUT2D eigenvalue weighted by molar-refractivity contribution is 7.22. The van der Waals surface area contributed by atoms with Gasteiger partial charge in [0.2, 0.25) is 0 Å². The van der Waals surface area contributed by atoms with Crippen LogP contribution in [0.25, 0.3) is 21.5 Å². The first kappa shape index (κ1) is 26.3. The predicted molar refractivity (Wildman–Crippen MR) is 148 cm³/mol. The van der Waals surface area contributed by atoms with Crippen LogP contribution in [0.15, 0.2) is 34.9 Å². The van der Waals surface area contributed by atoms with Gasteiger partial charge in [0.05, 0.1) is 42.8 Å². The lowest BCUT2D eigenvalue weighted by Gasteiger charge is -2.38. The second-order valence-corrected chi connectivity index (χ2v) is 12.0. The fourth-order valence-electron chi connectivity index (χ4n) is 6.31. The number of aromatic nitrogens is 2. The smallest absolute Gasteiger partial charge is 0.338 e. The summed E-state index contributed by atoms with van der Waals surface area (Å²) in [6.45, 7) is 0.192. The van der Waals surface area contributed by atoms with Gasteiger partial charge in [-0.2, -0.15) is 0 Å². The highest BCUT2D eigenvalue weighted by Gasteiger charge is 2.43. The zero-order valence-electron chi connectivity index (χ0n) is 22.7. The molecule has 41 heavy (non-hydrogen) atoms. The fourth-order valence-corrected chi connectivity index (χ4v) is 7.48. The number of benzene rings is 2. The fraction of sp³-hybridized carbons (Fsp3) is 0.433. The molecule has 0 radical (unpaired) electrons. The molecule has 0 amide bonds. The van der Waals surface area contributed by atoms with Crippen molar-refractivity contribution in [3.63, 3.8) is 0 Å². The molecule has 8 nitrogen and oxygen atoms in total. The van der Waals surface area contributed by atoms with E-state index in [1.165, 1.54) is 25.3 Å². The summed E-state index contributed by atoms with van der Waals surface area (Å²) < 4.78 is 52.7. The van der Waals surface area contributed by atoms with E-state index in [2.05, 4.69) is 10.1 Å². The Hall–Kier alpha value is -3.57. The molecule has 2 aromatic carbocycles. The molecule has 7 rings (SSSR count). The Bertz CT molecular complexity index is 1600. The van der Waals surface area contributed by atoms with Crippen LogP contribution in [0.4, 0.5) is 13.9 Å². The van der Waals surface area contributed by atoms with Crippen LogP contribution in [-0.2, 0) is 16.1 Å². The molecule has 0 unspecified atom stereocenters. The average molecular weight is 582 g/mol. The quantitative estimate of drug-likeness (QED) is 0.215. The van der Waals surface area contributed by atoms with E-state index in [-0.39, 0.29) is 42.0 Å². The lowest BCUT2D eigenvalue weighted by atomic mass is 10.00. The Labute approximate surface area is 239 Å². The normalized spacial score (nSPS) is 22.0. The highest BCUT2D eigenvalue weighted by atomic mass is 32.1. The monoisotopic (exact) mass is 581 g/mol. The first-order chi connectivity index (χ1) is 19.9. The Kier molecular flexibility index (Phi) is 6.66. The van der Waals surface area contributed by atoms with Crippen LogP contribution in [-0.4, -0.2) is 48.5 Å². The maximum absolute atomic E-state index is 14.7. The Morgan fingerprint density at radius 2 is 1.83 bits per heavy atom. The number of piperidine rings is 1. The van der Waals surface area contributed by atoms with Crippen molar-refractivity contribution in [2.24, 2.45) is 0 Å². The van der Waals surface area contributed by atoms with E-state index in [4.69, 9.17) is 23.7 Å². The molecule has 2 aliphatic heterocycles. The van der Waals surface area contributed by atoms with Crippen LogP contribution in [0.2, 0.25) is 0 Å². The molecule has 2 saturated heterocycles. The van der Waals surface area contributed by atoms with Crippen LogP contribution in [0.3, 0.4) is 0 Å². The molecule has 0 N–H and O–H groups in total. The molecule has 4 aromatic rings. The summed E-state index contributed by atoms with van der Waals surface area (Å²) in [5.74, 6) is -0.315. The van der Waals surface area contributed by atoms with E-state index in [9.17, 15) is 13.6 Å². The molecular weight excluding hydrogens is 552 g/mol. The SMILES string of the molecule is COC(=O)c1cc(OC)c2nc(N3[C@@H]4CC[C@H]3C[C@@H](OCc3c(-c5c(F)cccc5F)noc3C3CC3)C4)sc2c1. The van der Waals surface area contributed by atoms with E-state index >= 15 is 0 Å². The lowest BCUT2D eigenvalue weighted by Crippen LogP contribution is -2.45. The number of halogens is 2. The lowest BCUT2D eigenvalue weighted by molar-refractivity contribution is 0.0147. The number of ether oxygens (including phenoxy) is 3. The van der Waals surface area contributed by atoms with Crippen LogP contribution in [0, 0.1) is 11.6 Å². The zero-order valence-corrected chi connectivity index (χ0v) is 23.5. The summed E-state index contributed by atoms with van der Waals surface area (Å²) in [7, 11) is 2.92. The molecule has 214 valence electrons. The number of anilines is 1. The number of fused-ring (bicyclic) bond motifs is 3. The largest absolute Gasteiger partial charge is 0.494 e. The predicted octanol–water partition coefficient (Wildman–Crippen LogP) is 6.62. The maximum atomic E-state index is 14.7. The van der Waals surface area contributed by atoms with Gasteiger partial charge in [-0.15, -0.1) is 0 Å². The van der Waals surface area contributed by atoms with E-state index < -0.39 is 17.6 Å². The number of esters is 1. The van der Waals surface area contributed by atoms with Crippen molar-refractivity contribution in [3.8, 4) is 17.0 Å². The number of nitrogens with zero attached hydrogens (tertiary/aromatic N) is 3. The van der Waals surface area contributed by atoms with Crippen molar-refractivity contribution >= 4 is 32.7 Å². The van der Waals surface area contributed by atoms with Gasteiger partial charge < -0.3 is 23.6 Å². The molecule has 3 atom stereocenters. The number of hydrogen-bond acceptors (Lipinski definition) is 9. The molecule has 3 fully saturated rings. The third kappa shape index (κ3) is 4.64. The van der Waals surface area contributed by atoms with E-state index in [1.807, 2.05) is 0 Å². The van der Waals surface area contributed by atoms with Crippen molar-refractivity contribution in [3.05, 3.63) is 58.9 Å². The highest BCUT2D eigenvalue weighted by Crippen LogP contribution is 2.47. The van der Waals surface area contributed by atoms with Gasteiger partial charge in [-0.1, -0.05) is 22.6 Å². The minimum absolute atomic E-state index is 0.0149. The number of methoxy groups -OCH3 is 2. The molecular formula is C30H29F2N3O5S. The van der Waals surface area contributed by atoms with Crippen LogP contribution in [0.5, 0.6) is 5.75 Å². The molecule has 1 saturated carbocycles. The summed E-state index contributed by atoms with van der Waals surface area (Å²) in [6, 6.07) is 7.77. The van der Waals surface area contributed by atoms with Crippen molar-refractivity contribution in [2.45, 2.75) is 69.2 Å². The molecule has 2 bridgehead atoms. The van der Waals surface area contributed by atoms with Crippen molar-refractivity contribution < 1.29 is 32.3 Å². The summed E-state index contributed by atoms with van der Waals surface area (Å²) in [4.78, 5) is 19.5. The number of rotatable bonds is 8. The number of thiazole rings is 1. The summed E-state index contributed by atoms with van der Waals surface area (Å²) in [5.41, 5.74) is 1.82. The molecule has 11 heteroatoms. The minimum atomic E-state index is -0.667. The second kappa shape index (κ2) is 10.4. The Morgan fingerprint density at radius 3 is 2.49 bits per heavy atom. The van der Waals surface area contributed by atoms with Gasteiger partial charge in [-0.05, 0) is 62.8 Å². The zero-order chi connectivity index (χ0) is 28.2. The standard InChI is InChI=1S/C30H29F2N3O5S/c1-37-23-10-16(29(36)38-2)11-24-27(23)33-30(41-24)35-17-8-9-18(35)13-19(12-17)39-14-20-26(34-40-28(20)15-6-7-15)25-21(31)4-3-5-22(25)32/h3-5,10-11,15,17-19H,6-9,12-14H2,1-2H3/t17-,18+,19+. The van der Waals surface area contributed by atoms with E-state index in [0.29, 0.717) is 22.6 Å². The van der Waals surface area contributed by atoms with Gasteiger partial charge in [0.15, 0.2) is 5.13 Å². The minimum Gasteiger partial charge on any atom is -0.494 e. The topological polar surface area (TPSA) is 86.9 Å². The van der Waals surface area contributed by atoms with Gasteiger partial charge >= 0.3 is 5.97 Å². The van der Waals surface area contributed by atoms with E-state index in [0.717, 1.165) is 53.9 Å². The molecule has 0 spiro atoms. The third-order valence-electron chi connectivity index (χ3n) is 8.43. The molecule has 3 aliphatic rings. The summed E-state index contributed by atoms with van der Waals surface area (Å²) in [6.07, 6.45) is 5.60. The van der Waals surface area contributed by atoms with Crippen LogP contribution in [0.1, 0.15) is 66.1 Å². The first-order valence-corrected chi connectivity index (χ1v) is 14.7. The Morgan fingerprint density at radius 1 is 1.10 bits per heavy atom. The molecule has 2 aromatic heterocycles. The van der Waals surface area contributed by atoms with Crippen LogP contribution < -0.4 is 9.64 Å². The number of carbonyl (C=O) groups is 1. The Balaban J connectivity index is 1.11. The van der Waals surface area contributed by atoms with Gasteiger partial charge in [0.25, 0.3) is 0 Å². The van der Waals surface area contributed by atoms with Gasteiger partial charge in [-0.3, -0.25) is 0 Å². The van der Waals surface area contributed by atoms with Gasteiger partial charge in [-0.25, -0.2) is 18.6 Å². The average Bonchev–Trinajstić information content (AvgIpc) is 3.50. The summed E-state index contributed by atoms with van der Waals surface area (Å²) >= 11 is 1.54. The van der Waals surface area contributed by atoms with Crippen molar-refractivity contribution in [2.75, 3.05) is 19.1 Å². The number of hydrogen-bond donors (Lipinski definition) is 0. The number of carbonyl (C=O) groups excluding carboxylic acids is 1. The molecule has 1 aliphatic carbocycles. The molecule has 4 heterocycles. The summed E-state index contributed by atoms with van der Waals surface area (Å²) in [5, 5.41) is 5.00. The second-order valence-electron chi connectivity index (χ2n) is 11.0. The maximum Gasteiger partial charge on any atom is 0.338 e. The van der Waals surface area contributed by atoms with E-state index in [1.54, 1.807) is 30.6 Å².